The maximum atomic E-state index is 13.1. The second-order valence-electron chi connectivity index (χ2n) is 8.62. The van der Waals surface area contributed by atoms with Gasteiger partial charge in [-0.15, -0.1) is 0 Å². The number of nitrogens with zero attached hydrogens (tertiary/aromatic N) is 2. The van der Waals surface area contributed by atoms with E-state index in [9.17, 15) is 4.79 Å². The molecule has 9 nitrogen and oxygen atoms in total. The summed E-state index contributed by atoms with van der Waals surface area (Å²) in [6.07, 6.45) is 0.849. The molecule has 0 bridgehead atoms. The number of hydrogen-bond acceptors (Lipinski definition) is 6. The Morgan fingerprint density at radius 3 is 2.45 bits per heavy atom. The Labute approximate surface area is 221 Å². The smallest absolute Gasteiger partial charge is 0.272 e. The van der Waals surface area contributed by atoms with Crippen LogP contribution in [0.25, 0.3) is 11.3 Å². The first-order valence-electron chi connectivity index (χ1n) is 12.3. The molecule has 9 heteroatoms. The number of hydrogen-bond donors (Lipinski definition) is 4. The lowest BCUT2D eigenvalue weighted by molar-refractivity contribution is -0.139. The van der Waals surface area contributed by atoms with Crippen molar-refractivity contribution in [2.45, 2.75) is 33.2 Å². The van der Waals surface area contributed by atoms with Crippen LogP contribution in [0.4, 0.5) is 0 Å². The molecular weight excluding hydrogens is 482 g/mol. The van der Waals surface area contributed by atoms with Crippen molar-refractivity contribution >= 4 is 11.7 Å². The highest BCUT2D eigenvalue weighted by Gasteiger charge is 2.24. The number of benzene rings is 3. The topological polar surface area (TPSA) is 121 Å². The first-order chi connectivity index (χ1) is 18.5. The normalized spacial score (nSPS) is 11.6. The Morgan fingerprint density at radius 2 is 1.74 bits per heavy atom. The molecule has 1 aromatic heterocycles. The number of hydroxylamine groups is 1. The van der Waals surface area contributed by atoms with E-state index in [2.05, 4.69) is 5.32 Å². The second-order valence-corrected chi connectivity index (χ2v) is 8.62. The van der Waals surface area contributed by atoms with Gasteiger partial charge in [0.15, 0.2) is 0 Å². The number of amidine groups is 1. The lowest BCUT2D eigenvalue weighted by Crippen LogP contribution is -2.34. The Morgan fingerprint density at radius 1 is 1.03 bits per heavy atom. The number of carbonyl (C=O) groups excluding carboxylic acids is 1. The molecule has 1 heterocycles. The SMILES string of the molecule is CCOC(C(=O)NCc1ccc(C(=N)NO)cc1)n1cc(C)c(-c2ccccc2OCc2ccccc2)n1. The summed E-state index contributed by atoms with van der Waals surface area (Å²) in [6.45, 7) is 4.79. The number of carbonyl (C=O) groups is 1. The predicted octanol–water partition coefficient (Wildman–Crippen LogP) is 4.59. The Balaban J connectivity index is 1.49. The Kier molecular flexibility index (Phi) is 8.86. The molecule has 3 aromatic carbocycles. The minimum Gasteiger partial charge on any atom is -0.488 e. The van der Waals surface area contributed by atoms with Crippen molar-refractivity contribution < 1.29 is 19.5 Å². The first-order valence-corrected chi connectivity index (χ1v) is 12.3. The summed E-state index contributed by atoms with van der Waals surface area (Å²) in [4.78, 5) is 13.1. The summed E-state index contributed by atoms with van der Waals surface area (Å²) in [5, 5.41) is 24.1. The predicted molar refractivity (Wildman–Crippen MR) is 144 cm³/mol. The van der Waals surface area contributed by atoms with Crippen molar-refractivity contribution in [3.63, 3.8) is 0 Å². The van der Waals surface area contributed by atoms with E-state index in [1.807, 2.05) is 73.9 Å². The van der Waals surface area contributed by atoms with Crippen LogP contribution in [0.1, 0.15) is 35.4 Å². The minimum atomic E-state index is -0.948. The average Bonchev–Trinajstić information content (AvgIpc) is 3.34. The van der Waals surface area contributed by atoms with Gasteiger partial charge in [0.25, 0.3) is 5.91 Å². The van der Waals surface area contributed by atoms with Gasteiger partial charge in [0.05, 0.1) is 5.69 Å². The minimum absolute atomic E-state index is 0.103. The highest BCUT2D eigenvalue weighted by Crippen LogP contribution is 2.32. The molecule has 196 valence electrons. The third-order valence-corrected chi connectivity index (χ3v) is 5.90. The maximum Gasteiger partial charge on any atom is 0.272 e. The van der Waals surface area contributed by atoms with Crippen LogP contribution in [0.2, 0.25) is 0 Å². The van der Waals surface area contributed by atoms with E-state index >= 15 is 0 Å². The second kappa shape index (κ2) is 12.7. The van der Waals surface area contributed by atoms with E-state index in [4.69, 9.17) is 25.2 Å². The van der Waals surface area contributed by atoms with Gasteiger partial charge in [-0.25, -0.2) is 4.68 Å². The highest BCUT2D eigenvalue weighted by atomic mass is 16.5. The summed E-state index contributed by atoms with van der Waals surface area (Å²) in [7, 11) is 0. The molecule has 1 unspecified atom stereocenters. The molecule has 0 saturated heterocycles. The molecule has 0 radical (unpaired) electrons. The highest BCUT2D eigenvalue weighted by molar-refractivity contribution is 5.95. The maximum absolute atomic E-state index is 13.1. The summed E-state index contributed by atoms with van der Waals surface area (Å²) in [5.74, 6) is 0.271. The van der Waals surface area contributed by atoms with Crippen molar-refractivity contribution in [2.24, 2.45) is 0 Å². The number of para-hydroxylation sites is 1. The molecule has 4 N–H and O–H groups in total. The quantitative estimate of drug-likeness (QED) is 0.132. The van der Waals surface area contributed by atoms with Gasteiger partial charge in [0.2, 0.25) is 6.23 Å². The number of aromatic nitrogens is 2. The fraction of sp³-hybridized carbons (Fsp3) is 0.207. The standard InChI is InChI=1S/C29H31N5O4/c1-3-37-29(28(35)31-17-21-13-15-23(16-14-21)27(30)33-36)34-18-20(2)26(32-34)24-11-7-8-12-25(24)38-19-22-9-5-4-6-10-22/h4-16,18,29,36H,3,17,19H2,1-2H3,(H2,30,33)(H,31,35). The molecule has 4 rings (SSSR count). The van der Waals surface area contributed by atoms with Crippen molar-refractivity contribution in [1.29, 1.82) is 5.41 Å². The van der Waals surface area contributed by atoms with Crippen LogP contribution in [0.3, 0.4) is 0 Å². The monoisotopic (exact) mass is 513 g/mol. The summed E-state index contributed by atoms with van der Waals surface area (Å²) in [6, 6.07) is 24.6. The van der Waals surface area contributed by atoms with E-state index in [0.717, 1.165) is 22.3 Å². The van der Waals surface area contributed by atoms with E-state index in [0.29, 0.717) is 30.2 Å². The number of aryl methyl sites for hydroxylation is 1. The van der Waals surface area contributed by atoms with Gasteiger partial charge in [0, 0.05) is 30.5 Å². The van der Waals surface area contributed by atoms with Gasteiger partial charge in [-0.05, 0) is 42.7 Å². The molecule has 0 spiro atoms. The summed E-state index contributed by atoms with van der Waals surface area (Å²) < 4.78 is 13.4. The van der Waals surface area contributed by atoms with Crippen LogP contribution in [-0.4, -0.2) is 33.3 Å². The summed E-state index contributed by atoms with van der Waals surface area (Å²) >= 11 is 0. The molecule has 0 saturated carbocycles. The van der Waals surface area contributed by atoms with Crippen molar-refractivity contribution in [2.75, 3.05) is 6.61 Å². The van der Waals surface area contributed by atoms with Crippen molar-refractivity contribution in [3.8, 4) is 17.0 Å². The average molecular weight is 514 g/mol. The van der Waals surface area contributed by atoms with Gasteiger partial charge in [-0.1, -0.05) is 66.7 Å². The number of rotatable bonds is 11. The van der Waals surface area contributed by atoms with Crippen LogP contribution >= 0.6 is 0 Å². The molecule has 38 heavy (non-hydrogen) atoms. The van der Waals surface area contributed by atoms with Gasteiger partial charge in [-0.3, -0.25) is 20.9 Å². The van der Waals surface area contributed by atoms with Gasteiger partial charge in [-0.2, -0.15) is 5.10 Å². The van der Waals surface area contributed by atoms with Crippen molar-refractivity contribution in [1.82, 2.24) is 20.6 Å². The van der Waals surface area contributed by atoms with E-state index in [-0.39, 0.29) is 18.3 Å². The van der Waals surface area contributed by atoms with E-state index in [1.165, 1.54) is 4.68 Å². The fourth-order valence-electron chi connectivity index (χ4n) is 3.95. The Bertz CT molecular complexity index is 1370. The molecule has 0 aliphatic carbocycles. The Hall–Kier alpha value is -4.47. The van der Waals surface area contributed by atoms with Crippen LogP contribution in [-0.2, 0) is 22.7 Å². The van der Waals surface area contributed by atoms with Crippen LogP contribution in [0.5, 0.6) is 5.75 Å². The molecule has 1 amide bonds. The van der Waals surface area contributed by atoms with Crippen molar-refractivity contribution in [3.05, 3.63) is 107 Å². The largest absolute Gasteiger partial charge is 0.488 e. The molecule has 0 aliphatic heterocycles. The lowest BCUT2D eigenvalue weighted by Gasteiger charge is -2.17. The zero-order valence-electron chi connectivity index (χ0n) is 21.3. The fourth-order valence-corrected chi connectivity index (χ4v) is 3.95. The number of ether oxygens (including phenoxy) is 2. The van der Waals surface area contributed by atoms with E-state index < -0.39 is 6.23 Å². The summed E-state index contributed by atoms with van der Waals surface area (Å²) in [5.41, 5.74) is 6.67. The van der Waals surface area contributed by atoms with Crippen LogP contribution in [0, 0.1) is 12.3 Å². The number of amides is 1. The molecule has 1 atom stereocenters. The zero-order chi connectivity index (χ0) is 26.9. The third kappa shape index (κ3) is 6.44. The molecule has 4 aromatic rings. The third-order valence-electron chi connectivity index (χ3n) is 5.90. The molecular formula is C29H31N5O4. The van der Waals surface area contributed by atoms with Crippen LogP contribution < -0.4 is 15.5 Å². The van der Waals surface area contributed by atoms with Gasteiger partial charge < -0.3 is 14.8 Å². The lowest BCUT2D eigenvalue weighted by atomic mass is 10.1. The first kappa shape index (κ1) is 26.6. The molecule has 0 aliphatic rings. The molecule has 0 fully saturated rings. The van der Waals surface area contributed by atoms with Crippen LogP contribution in [0.15, 0.2) is 85.1 Å². The zero-order valence-corrected chi connectivity index (χ0v) is 21.3. The van der Waals surface area contributed by atoms with Gasteiger partial charge >= 0.3 is 0 Å². The van der Waals surface area contributed by atoms with E-state index in [1.54, 1.807) is 30.5 Å². The van der Waals surface area contributed by atoms with Gasteiger partial charge in [0.1, 0.15) is 18.2 Å². The number of nitrogens with one attached hydrogen (secondary N) is 3.